The summed E-state index contributed by atoms with van der Waals surface area (Å²) in [5.41, 5.74) is 2.50. The van der Waals surface area contributed by atoms with E-state index in [9.17, 15) is 9.59 Å². The molecule has 1 saturated carbocycles. The highest BCUT2D eigenvalue weighted by Crippen LogP contribution is 2.42. The molecule has 0 amide bonds. The van der Waals surface area contributed by atoms with Crippen molar-refractivity contribution in [3.8, 4) is 0 Å². The Hall–Kier alpha value is -2.42. The zero-order valence-electron chi connectivity index (χ0n) is 15.3. The molecule has 2 atom stereocenters. The lowest BCUT2D eigenvalue weighted by Crippen LogP contribution is -2.17. The summed E-state index contributed by atoms with van der Waals surface area (Å²) in [6.45, 7) is 2.17. The van der Waals surface area contributed by atoms with E-state index in [4.69, 9.17) is 4.74 Å². The second kappa shape index (κ2) is 8.79. The minimum absolute atomic E-state index is 0.136. The zero-order valence-corrected chi connectivity index (χ0v) is 15.3. The molecule has 26 heavy (non-hydrogen) atoms. The van der Waals surface area contributed by atoms with E-state index in [2.05, 4.69) is 24.3 Å². The molecule has 1 fully saturated rings. The molecule has 2 aromatic carbocycles. The maximum absolute atomic E-state index is 12.7. The minimum Gasteiger partial charge on any atom is -0.466 e. The number of Topliss-reactive ketones (excluding diaryl/α,β-unsaturated/α-hetero) is 1. The van der Waals surface area contributed by atoms with Crippen LogP contribution in [0, 0.1) is 17.8 Å². The van der Waals surface area contributed by atoms with Gasteiger partial charge >= 0.3 is 5.97 Å². The Morgan fingerprint density at radius 3 is 1.96 bits per heavy atom. The van der Waals surface area contributed by atoms with Crippen molar-refractivity contribution in [1.29, 1.82) is 0 Å². The van der Waals surface area contributed by atoms with Crippen LogP contribution in [0.3, 0.4) is 0 Å². The zero-order chi connectivity index (χ0) is 18.4. The summed E-state index contributed by atoms with van der Waals surface area (Å²) in [6.07, 6.45) is 2.92. The van der Waals surface area contributed by atoms with E-state index in [0.29, 0.717) is 19.4 Å². The van der Waals surface area contributed by atoms with Gasteiger partial charge in [0.1, 0.15) is 5.78 Å². The van der Waals surface area contributed by atoms with Gasteiger partial charge in [-0.2, -0.15) is 0 Å². The second-order valence-corrected chi connectivity index (χ2v) is 7.12. The maximum atomic E-state index is 12.7. The first kappa shape index (κ1) is 18.4. The molecule has 1 aliphatic carbocycles. The standard InChI is InChI=1S/C23H26O3/c1-2-26-23(25)21-16-20(21)22(24)15-19(13-17-9-5-3-6-10-17)14-18-11-7-4-8-12-18/h3-12,19-21H,2,13-16H2,1H3/t20-,21-/m0/s1. The van der Waals surface area contributed by atoms with Gasteiger partial charge in [-0.3, -0.25) is 9.59 Å². The predicted molar refractivity (Wildman–Crippen MR) is 102 cm³/mol. The van der Waals surface area contributed by atoms with Gasteiger partial charge < -0.3 is 4.74 Å². The lowest BCUT2D eigenvalue weighted by Gasteiger charge is -2.17. The molecule has 0 aromatic heterocycles. The fourth-order valence-electron chi connectivity index (χ4n) is 3.61. The summed E-state index contributed by atoms with van der Waals surface area (Å²) in [4.78, 5) is 24.5. The number of ether oxygens (including phenoxy) is 1. The quantitative estimate of drug-likeness (QED) is 0.635. The Morgan fingerprint density at radius 2 is 1.46 bits per heavy atom. The molecule has 0 aliphatic heterocycles. The largest absolute Gasteiger partial charge is 0.466 e. The van der Waals surface area contributed by atoms with Gasteiger partial charge in [-0.15, -0.1) is 0 Å². The summed E-state index contributed by atoms with van der Waals surface area (Å²) < 4.78 is 5.05. The summed E-state index contributed by atoms with van der Waals surface area (Å²) in [6, 6.07) is 20.6. The molecule has 0 saturated heterocycles. The number of hydrogen-bond donors (Lipinski definition) is 0. The van der Waals surface area contributed by atoms with Crippen molar-refractivity contribution in [3.63, 3.8) is 0 Å². The normalized spacial score (nSPS) is 18.5. The molecular weight excluding hydrogens is 324 g/mol. The summed E-state index contributed by atoms with van der Waals surface area (Å²) in [5, 5.41) is 0. The monoisotopic (exact) mass is 350 g/mol. The molecule has 1 aliphatic rings. The molecular formula is C23H26O3. The molecule has 3 nitrogen and oxygen atoms in total. The SMILES string of the molecule is CCOC(=O)[C@H]1C[C@@H]1C(=O)CC(Cc1ccccc1)Cc1ccccc1. The Bertz CT molecular complexity index is 682. The van der Waals surface area contributed by atoms with E-state index in [1.165, 1.54) is 11.1 Å². The van der Waals surface area contributed by atoms with Crippen LogP contribution in [-0.4, -0.2) is 18.4 Å². The minimum atomic E-state index is -0.214. The Balaban J connectivity index is 1.63. The highest BCUT2D eigenvalue weighted by atomic mass is 16.5. The van der Waals surface area contributed by atoms with Crippen molar-refractivity contribution in [2.75, 3.05) is 6.61 Å². The average molecular weight is 350 g/mol. The molecule has 0 spiro atoms. The Labute approximate surface area is 155 Å². The lowest BCUT2D eigenvalue weighted by atomic mass is 9.87. The number of carbonyl (C=O) groups is 2. The van der Waals surface area contributed by atoms with E-state index in [1.54, 1.807) is 6.92 Å². The van der Waals surface area contributed by atoms with E-state index in [-0.39, 0.29) is 29.5 Å². The van der Waals surface area contributed by atoms with Crippen LogP contribution in [0.25, 0.3) is 0 Å². The first-order chi connectivity index (χ1) is 12.7. The summed E-state index contributed by atoms with van der Waals surface area (Å²) >= 11 is 0. The number of ketones is 1. The van der Waals surface area contributed by atoms with Crippen LogP contribution in [0.1, 0.15) is 30.9 Å². The topological polar surface area (TPSA) is 43.4 Å². The predicted octanol–water partition coefficient (Wildman–Crippen LogP) is 4.25. The average Bonchev–Trinajstić information content (AvgIpc) is 3.45. The number of esters is 1. The maximum Gasteiger partial charge on any atom is 0.309 e. The fraction of sp³-hybridized carbons (Fsp3) is 0.391. The fourth-order valence-corrected chi connectivity index (χ4v) is 3.61. The van der Waals surface area contributed by atoms with Crippen LogP contribution < -0.4 is 0 Å². The number of benzene rings is 2. The van der Waals surface area contributed by atoms with Crippen LogP contribution >= 0.6 is 0 Å². The molecule has 3 rings (SSSR count). The molecule has 0 radical (unpaired) electrons. The van der Waals surface area contributed by atoms with Gasteiger partial charge in [-0.1, -0.05) is 60.7 Å². The van der Waals surface area contributed by atoms with Crippen molar-refractivity contribution in [1.82, 2.24) is 0 Å². The number of carbonyl (C=O) groups excluding carboxylic acids is 2. The summed E-state index contributed by atoms with van der Waals surface area (Å²) in [7, 11) is 0. The van der Waals surface area contributed by atoms with Gasteiger partial charge in [-0.25, -0.2) is 0 Å². The van der Waals surface area contributed by atoms with Crippen LogP contribution in [0.2, 0.25) is 0 Å². The van der Waals surface area contributed by atoms with Crippen LogP contribution in [0.15, 0.2) is 60.7 Å². The number of hydrogen-bond acceptors (Lipinski definition) is 3. The molecule has 0 N–H and O–H groups in total. The van der Waals surface area contributed by atoms with E-state index in [1.807, 2.05) is 36.4 Å². The first-order valence-electron chi connectivity index (χ1n) is 9.44. The Morgan fingerprint density at radius 1 is 0.923 bits per heavy atom. The van der Waals surface area contributed by atoms with Crippen LogP contribution in [0.4, 0.5) is 0 Å². The highest BCUT2D eigenvalue weighted by Gasteiger charge is 2.48. The van der Waals surface area contributed by atoms with Gasteiger partial charge in [0.15, 0.2) is 0 Å². The highest BCUT2D eigenvalue weighted by molar-refractivity contribution is 5.91. The van der Waals surface area contributed by atoms with Gasteiger partial charge in [-0.05, 0) is 43.2 Å². The molecule has 0 unspecified atom stereocenters. The van der Waals surface area contributed by atoms with Crippen molar-refractivity contribution < 1.29 is 14.3 Å². The van der Waals surface area contributed by atoms with Gasteiger partial charge in [0.05, 0.1) is 12.5 Å². The molecule has 0 heterocycles. The third kappa shape index (κ3) is 5.04. The Kier molecular flexibility index (Phi) is 6.21. The molecule has 0 bridgehead atoms. The van der Waals surface area contributed by atoms with E-state index >= 15 is 0 Å². The van der Waals surface area contributed by atoms with Gasteiger partial charge in [0, 0.05) is 12.3 Å². The van der Waals surface area contributed by atoms with Crippen LogP contribution in [0.5, 0.6) is 0 Å². The first-order valence-corrected chi connectivity index (χ1v) is 9.44. The molecule has 136 valence electrons. The summed E-state index contributed by atoms with van der Waals surface area (Å²) in [5.74, 6) is -0.108. The lowest BCUT2D eigenvalue weighted by molar-refractivity contribution is -0.145. The third-order valence-corrected chi connectivity index (χ3v) is 5.02. The van der Waals surface area contributed by atoms with Gasteiger partial charge in [0.2, 0.25) is 0 Å². The van der Waals surface area contributed by atoms with Crippen LogP contribution in [-0.2, 0) is 27.2 Å². The molecule has 2 aromatic rings. The third-order valence-electron chi connectivity index (χ3n) is 5.02. The van der Waals surface area contributed by atoms with Crippen molar-refractivity contribution in [3.05, 3.63) is 71.8 Å². The smallest absolute Gasteiger partial charge is 0.309 e. The molecule has 3 heteroatoms. The van der Waals surface area contributed by atoms with Crippen molar-refractivity contribution in [2.45, 2.75) is 32.6 Å². The van der Waals surface area contributed by atoms with Crippen molar-refractivity contribution >= 4 is 11.8 Å². The van der Waals surface area contributed by atoms with E-state index < -0.39 is 0 Å². The van der Waals surface area contributed by atoms with E-state index in [0.717, 1.165) is 12.8 Å². The second-order valence-electron chi connectivity index (χ2n) is 7.12. The van der Waals surface area contributed by atoms with Gasteiger partial charge in [0.25, 0.3) is 0 Å². The van der Waals surface area contributed by atoms with Crippen molar-refractivity contribution in [2.24, 2.45) is 17.8 Å². The number of rotatable bonds is 9.